The van der Waals surface area contributed by atoms with Crippen molar-refractivity contribution in [2.24, 2.45) is 0 Å². The van der Waals surface area contributed by atoms with E-state index >= 15 is 0 Å². The van der Waals surface area contributed by atoms with E-state index in [1.165, 1.54) is 0 Å². The fourth-order valence-electron chi connectivity index (χ4n) is 1.75. The molecule has 100 valence electrons. The van der Waals surface area contributed by atoms with Crippen LogP contribution in [-0.4, -0.2) is 22.8 Å². The summed E-state index contributed by atoms with van der Waals surface area (Å²) in [4.78, 5) is 18.2. The molecule has 0 saturated carbocycles. The van der Waals surface area contributed by atoms with Crippen molar-refractivity contribution in [2.75, 3.05) is 12.8 Å². The monoisotopic (exact) mass is 295 g/mol. The molecule has 1 aromatic carbocycles. The van der Waals surface area contributed by atoms with E-state index in [0.29, 0.717) is 22.8 Å². The summed E-state index contributed by atoms with van der Waals surface area (Å²) in [6.45, 7) is 2.37. The highest BCUT2D eigenvalue weighted by atomic mass is 35.5. The molecule has 0 saturated heterocycles. The summed E-state index contributed by atoms with van der Waals surface area (Å²) < 4.78 is 0. The Balaban J connectivity index is 2.19. The topological polar surface area (TPSA) is 59.2 Å². The van der Waals surface area contributed by atoms with E-state index in [2.05, 4.69) is 4.98 Å². The second kappa shape index (κ2) is 5.59. The number of anilines is 1. The van der Waals surface area contributed by atoms with Gasteiger partial charge in [0.05, 0.1) is 27.8 Å². The van der Waals surface area contributed by atoms with Gasteiger partial charge in [0.15, 0.2) is 0 Å². The first-order valence-electron chi connectivity index (χ1n) is 5.69. The van der Waals surface area contributed by atoms with Gasteiger partial charge in [-0.05, 0) is 19.1 Å². The molecule has 4 nitrogen and oxygen atoms in total. The lowest BCUT2D eigenvalue weighted by atomic mass is 10.1. The fraction of sp³-hybridized carbons (Fsp3) is 0.231. The predicted molar refractivity (Wildman–Crippen MR) is 78.5 cm³/mol. The number of aryl methyl sites for hydroxylation is 1. The molecule has 19 heavy (non-hydrogen) atoms. The predicted octanol–water partition coefficient (Wildman–Crippen LogP) is 2.96. The molecule has 0 spiro atoms. The van der Waals surface area contributed by atoms with Gasteiger partial charge in [-0.2, -0.15) is 0 Å². The molecule has 2 rings (SSSR count). The first kappa shape index (κ1) is 13.8. The molecule has 0 aliphatic carbocycles. The first-order valence-corrected chi connectivity index (χ1v) is 6.95. The Kier molecular flexibility index (Phi) is 4.07. The second-order valence-electron chi connectivity index (χ2n) is 4.22. The highest BCUT2D eigenvalue weighted by Crippen LogP contribution is 2.24. The third-order valence-corrected chi connectivity index (χ3v) is 3.81. The minimum Gasteiger partial charge on any atom is -0.398 e. The molecule has 0 radical (unpaired) electrons. The van der Waals surface area contributed by atoms with Gasteiger partial charge >= 0.3 is 0 Å². The molecule has 6 heteroatoms. The van der Waals surface area contributed by atoms with Gasteiger partial charge in [0.25, 0.3) is 5.91 Å². The molecule has 2 aromatic rings. The van der Waals surface area contributed by atoms with Gasteiger partial charge in [-0.25, -0.2) is 4.98 Å². The molecular formula is C13H14ClN3OS. The average Bonchev–Trinajstić information content (AvgIpc) is 2.74. The zero-order valence-corrected chi connectivity index (χ0v) is 12.3. The number of aromatic nitrogens is 1. The van der Waals surface area contributed by atoms with Crippen LogP contribution < -0.4 is 5.73 Å². The summed E-state index contributed by atoms with van der Waals surface area (Å²) in [7, 11) is 1.71. The van der Waals surface area contributed by atoms with Gasteiger partial charge in [0, 0.05) is 18.1 Å². The second-order valence-corrected chi connectivity index (χ2v) is 5.69. The van der Waals surface area contributed by atoms with E-state index in [0.717, 1.165) is 10.7 Å². The Labute approximate surface area is 120 Å². The number of nitrogens with two attached hydrogens (primary N) is 1. The van der Waals surface area contributed by atoms with Crippen LogP contribution in [0.15, 0.2) is 23.6 Å². The Morgan fingerprint density at radius 3 is 2.84 bits per heavy atom. The molecule has 1 amide bonds. The van der Waals surface area contributed by atoms with E-state index in [1.54, 1.807) is 41.5 Å². The van der Waals surface area contributed by atoms with Gasteiger partial charge in [-0.15, -0.1) is 11.3 Å². The van der Waals surface area contributed by atoms with E-state index in [1.807, 2.05) is 12.3 Å². The number of rotatable bonds is 3. The van der Waals surface area contributed by atoms with Crippen molar-refractivity contribution in [1.29, 1.82) is 0 Å². The zero-order chi connectivity index (χ0) is 14.0. The Bertz CT molecular complexity index is 591. The minimum absolute atomic E-state index is 0.200. The SMILES string of the molecule is Cc1nc(CN(C)C(=O)c2c(N)cccc2Cl)cs1. The summed E-state index contributed by atoms with van der Waals surface area (Å²) in [5.74, 6) is -0.200. The quantitative estimate of drug-likeness (QED) is 0.886. The first-order chi connectivity index (χ1) is 8.99. The minimum atomic E-state index is -0.200. The van der Waals surface area contributed by atoms with Crippen molar-refractivity contribution in [3.63, 3.8) is 0 Å². The van der Waals surface area contributed by atoms with Crippen molar-refractivity contribution in [1.82, 2.24) is 9.88 Å². The molecule has 1 heterocycles. The molecule has 0 fully saturated rings. The summed E-state index contributed by atoms with van der Waals surface area (Å²) in [6, 6.07) is 5.05. The van der Waals surface area contributed by atoms with Crippen LogP contribution in [-0.2, 0) is 6.54 Å². The van der Waals surface area contributed by atoms with Crippen LogP contribution in [0, 0.1) is 6.92 Å². The van der Waals surface area contributed by atoms with Gasteiger partial charge in [-0.1, -0.05) is 17.7 Å². The van der Waals surface area contributed by atoms with E-state index in [4.69, 9.17) is 17.3 Å². The van der Waals surface area contributed by atoms with E-state index < -0.39 is 0 Å². The fourth-order valence-corrected chi connectivity index (χ4v) is 2.62. The molecule has 0 atom stereocenters. The van der Waals surface area contributed by atoms with E-state index in [9.17, 15) is 4.79 Å². The summed E-state index contributed by atoms with van der Waals surface area (Å²) >= 11 is 7.59. The van der Waals surface area contributed by atoms with Crippen LogP contribution >= 0.6 is 22.9 Å². The molecule has 0 aliphatic rings. The normalized spacial score (nSPS) is 10.5. The number of amides is 1. The van der Waals surface area contributed by atoms with Gasteiger partial charge < -0.3 is 10.6 Å². The zero-order valence-electron chi connectivity index (χ0n) is 10.7. The van der Waals surface area contributed by atoms with Crippen molar-refractivity contribution in [2.45, 2.75) is 13.5 Å². The van der Waals surface area contributed by atoms with Crippen molar-refractivity contribution < 1.29 is 4.79 Å². The molecule has 1 aromatic heterocycles. The maximum absolute atomic E-state index is 12.3. The van der Waals surface area contributed by atoms with Crippen LogP contribution in [0.25, 0.3) is 0 Å². The lowest BCUT2D eigenvalue weighted by Gasteiger charge is -2.17. The highest BCUT2D eigenvalue weighted by molar-refractivity contribution is 7.09. The van der Waals surface area contributed by atoms with Crippen molar-refractivity contribution in [3.8, 4) is 0 Å². The standard InChI is InChI=1S/C13H14ClN3OS/c1-8-16-9(7-19-8)6-17(2)13(18)12-10(14)4-3-5-11(12)15/h3-5,7H,6,15H2,1-2H3. The van der Waals surface area contributed by atoms with Gasteiger partial charge in [0.1, 0.15) is 0 Å². The van der Waals surface area contributed by atoms with Crippen LogP contribution in [0.5, 0.6) is 0 Å². The number of benzene rings is 1. The van der Waals surface area contributed by atoms with Crippen molar-refractivity contribution in [3.05, 3.63) is 44.9 Å². The van der Waals surface area contributed by atoms with Crippen LogP contribution in [0.1, 0.15) is 21.1 Å². The van der Waals surface area contributed by atoms with Gasteiger partial charge in [0.2, 0.25) is 0 Å². The Morgan fingerprint density at radius 1 is 1.53 bits per heavy atom. The summed E-state index contributed by atoms with van der Waals surface area (Å²) in [6.07, 6.45) is 0. The smallest absolute Gasteiger partial charge is 0.257 e. The van der Waals surface area contributed by atoms with Gasteiger partial charge in [-0.3, -0.25) is 4.79 Å². The number of nitrogens with zero attached hydrogens (tertiary/aromatic N) is 2. The Hall–Kier alpha value is -1.59. The van der Waals surface area contributed by atoms with E-state index in [-0.39, 0.29) is 5.91 Å². The number of carbonyl (C=O) groups is 1. The maximum Gasteiger partial charge on any atom is 0.257 e. The number of thiazole rings is 1. The van der Waals surface area contributed by atoms with Crippen LogP contribution in [0.2, 0.25) is 5.02 Å². The van der Waals surface area contributed by atoms with Crippen molar-refractivity contribution >= 4 is 34.5 Å². The molecule has 0 unspecified atom stereocenters. The third-order valence-electron chi connectivity index (χ3n) is 2.67. The maximum atomic E-state index is 12.3. The van der Waals surface area contributed by atoms with Crippen LogP contribution in [0.3, 0.4) is 0 Å². The number of carbonyl (C=O) groups excluding carboxylic acids is 1. The number of nitrogen functional groups attached to an aromatic ring is 1. The molecule has 0 aliphatic heterocycles. The highest BCUT2D eigenvalue weighted by Gasteiger charge is 2.18. The average molecular weight is 296 g/mol. The van der Waals surface area contributed by atoms with Crippen LogP contribution in [0.4, 0.5) is 5.69 Å². The molecule has 0 bridgehead atoms. The molecule has 2 N–H and O–H groups in total. The lowest BCUT2D eigenvalue weighted by Crippen LogP contribution is -2.27. The number of hydrogen-bond acceptors (Lipinski definition) is 4. The third kappa shape index (κ3) is 3.05. The summed E-state index contributed by atoms with van der Waals surface area (Å²) in [5.41, 5.74) is 7.41. The molecular weight excluding hydrogens is 282 g/mol. The number of hydrogen-bond donors (Lipinski definition) is 1. The lowest BCUT2D eigenvalue weighted by molar-refractivity contribution is 0.0785. The Morgan fingerprint density at radius 2 is 2.26 bits per heavy atom. The largest absolute Gasteiger partial charge is 0.398 e. The summed E-state index contributed by atoms with van der Waals surface area (Å²) in [5, 5.41) is 3.29. The number of halogens is 1.